The molecule has 4 nitrogen and oxygen atoms in total. The summed E-state index contributed by atoms with van der Waals surface area (Å²) >= 11 is 1.17. The average Bonchev–Trinajstić information content (AvgIpc) is 2.64. The molecule has 1 N–H and O–H groups in total. The third kappa shape index (κ3) is 2.30. The van der Waals surface area contributed by atoms with Crippen LogP contribution in [0.5, 0.6) is 0 Å². The summed E-state index contributed by atoms with van der Waals surface area (Å²) in [5.74, 6) is -0.323. The van der Waals surface area contributed by atoms with Gasteiger partial charge in [-0.15, -0.1) is 11.3 Å². The Bertz CT molecular complexity index is 322. The molecule has 14 heavy (non-hydrogen) atoms. The summed E-state index contributed by atoms with van der Waals surface area (Å²) in [6.07, 6.45) is 0.815. The van der Waals surface area contributed by atoms with Gasteiger partial charge in [-0.05, 0) is 5.92 Å². The van der Waals surface area contributed by atoms with Crippen molar-refractivity contribution in [3.05, 3.63) is 16.1 Å². The van der Waals surface area contributed by atoms with Crippen molar-refractivity contribution in [1.82, 2.24) is 4.98 Å². The summed E-state index contributed by atoms with van der Waals surface area (Å²) in [7, 11) is 1.32. The number of ether oxygens (including phenoxy) is 1. The number of carbonyl (C=O) groups excluding carboxylic acids is 1. The Kier molecular flexibility index (Phi) is 3.60. The molecule has 0 bridgehead atoms. The van der Waals surface area contributed by atoms with E-state index in [0.29, 0.717) is 9.88 Å². The van der Waals surface area contributed by atoms with Gasteiger partial charge in [-0.1, -0.05) is 13.8 Å². The number of nitrogens with zero attached hydrogens (tertiary/aromatic N) is 1. The van der Waals surface area contributed by atoms with Crippen molar-refractivity contribution in [2.24, 2.45) is 5.92 Å². The lowest BCUT2D eigenvalue weighted by Gasteiger charge is -2.09. The van der Waals surface area contributed by atoms with Gasteiger partial charge in [-0.2, -0.15) is 0 Å². The van der Waals surface area contributed by atoms with Gasteiger partial charge in [0.15, 0.2) is 0 Å². The van der Waals surface area contributed by atoms with Gasteiger partial charge in [0.2, 0.25) is 0 Å². The topological polar surface area (TPSA) is 59.4 Å². The quantitative estimate of drug-likeness (QED) is 0.778. The number of aliphatic hydroxyl groups is 1. The number of carbonyl (C=O) groups is 1. The molecule has 0 fully saturated rings. The number of thiazole rings is 1. The van der Waals surface area contributed by atoms with E-state index >= 15 is 0 Å². The van der Waals surface area contributed by atoms with Crippen molar-refractivity contribution in [3.63, 3.8) is 0 Å². The average molecular weight is 215 g/mol. The summed E-state index contributed by atoms with van der Waals surface area (Å²) in [6, 6.07) is 0. The lowest BCUT2D eigenvalue weighted by Crippen LogP contribution is -2.04. The summed E-state index contributed by atoms with van der Waals surface area (Å²) in [5.41, 5.74) is 0. The summed E-state index contributed by atoms with van der Waals surface area (Å²) in [6.45, 7) is 3.79. The van der Waals surface area contributed by atoms with Crippen LogP contribution in [0.1, 0.15) is 34.6 Å². The van der Waals surface area contributed by atoms with Crippen LogP contribution in [0.2, 0.25) is 0 Å². The van der Waals surface area contributed by atoms with Crippen molar-refractivity contribution < 1.29 is 14.6 Å². The Balaban J connectivity index is 2.82. The molecule has 1 rings (SSSR count). The molecule has 1 aromatic heterocycles. The number of methoxy groups -OCH3 is 1. The smallest absolute Gasteiger partial charge is 0.349 e. The molecule has 0 saturated heterocycles. The van der Waals surface area contributed by atoms with Crippen molar-refractivity contribution in [2.75, 3.05) is 7.11 Å². The molecule has 0 aromatic carbocycles. The van der Waals surface area contributed by atoms with E-state index in [-0.39, 0.29) is 5.92 Å². The molecule has 0 saturated carbocycles. The maximum atomic E-state index is 11.1. The maximum Gasteiger partial charge on any atom is 0.349 e. The molecule has 1 aromatic rings. The number of aliphatic hydroxyl groups excluding tert-OH is 1. The van der Waals surface area contributed by atoms with E-state index in [1.54, 1.807) is 0 Å². The van der Waals surface area contributed by atoms with Gasteiger partial charge in [0.1, 0.15) is 16.0 Å². The van der Waals surface area contributed by atoms with E-state index in [1.165, 1.54) is 24.6 Å². The minimum Gasteiger partial charge on any atom is -0.465 e. The van der Waals surface area contributed by atoms with Crippen LogP contribution in [-0.4, -0.2) is 23.2 Å². The Morgan fingerprint density at radius 2 is 2.29 bits per heavy atom. The molecule has 5 heteroatoms. The molecule has 0 amide bonds. The molecule has 0 aliphatic carbocycles. The standard InChI is InChI=1S/C9H13NO3S/c1-5(2)7(11)8-10-4-6(14-8)9(12)13-3/h4-5,7,11H,1-3H3. The van der Waals surface area contributed by atoms with Crippen molar-refractivity contribution in [2.45, 2.75) is 20.0 Å². The van der Waals surface area contributed by atoms with E-state index < -0.39 is 12.1 Å². The minimum absolute atomic E-state index is 0.0895. The van der Waals surface area contributed by atoms with Gasteiger partial charge in [0, 0.05) is 0 Å². The number of rotatable bonds is 3. The number of hydrogen-bond donors (Lipinski definition) is 1. The van der Waals surface area contributed by atoms with E-state index in [1.807, 2.05) is 13.8 Å². The largest absolute Gasteiger partial charge is 0.465 e. The van der Waals surface area contributed by atoms with Crippen LogP contribution in [0, 0.1) is 5.92 Å². The summed E-state index contributed by atoms with van der Waals surface area (Å²) in [5, 5.41) is 10.2. The van der Waals surface area contributed by atoms with Crippen LogP contribution in [-0.2, 0) is 4.74 Å². The minimum atomic E-state index is -0.613. The predicted molar refractivity (Wildman–Crippen MR) is 53.3 cm³/mol. The van der Waals surface area contributed by atoms with Crippen LogP contribution in [0.25, 0.3) is 0 Å². The lowest BCUT2D eigenvalue weighted by molar-refractivity contribution is 0.0606. The normalized spacial score (nSPS) is 12.9. The monoisotopic (exact) mass is 215 g/mol. The zero-order chi connectivity index (χ0) is 10.7. The fourth-order valence-electron chi connectivity index (χ4n) is 0.904. The second kappa shape index (κ2) is 4.52. The number of aromatic nitrogens is 1. The molecule has 1 atom stereocenters. The first-order valence-corrected chi connectivity index (χ1v) is 5.10. The van der Waals surface area contributed by atoms with Gasteiger partial charge >= 0.3 is 5.97 Å². The summed E-state index contributed by atoms with van der Waals surface area (Å²) < 4.78 is 4.54. The predicted octanol–water partition coefficient (Wildman–Crippen LogP) is 1.62. The third-order valence-corrected chi connectivity index (χ3v) is 2.84. The maximum absolute atomic E-state index is 11.1. The third-order valence-electron chi connectivity index (χ3n) is 1.79. The van der Waals surface area contributed by atoms with Crippen LogP contribution in [0.15, 0.2) is 6.20 Å². The highest BCUT2D eigenvalue weighted by Crippen LogP contribution is 2.25. The molecule has 0 radical (unpaired) electrons. The van der Waals surface area contributed by atoms with E-state index in [2.05, 4.69) is 9.72 Å². The molecule has 78 valence electrons. The Labute approximate surface area is 86.6 Å². The van der Waals surface area contributed by atoms with Crippen LogP contribution in [0.4, 0.5) is 0 Å². The first kappa shape index (κ1) is 11.1. The molecule has 1 unspecified atom stereocenters. The van der Waals surface area contributed by atoms with Gasteiger partial charge in [-0.3, -0.25) is 0 Å². The van der Waals surface area contributed by atoms with Crippen molar-refractivity contribution in [1.29, 1.82) is 0 Å². The second-order valence-electron chi connectivity index (χ2n) is 3.24. The lowest BCUT2D eigenvalue weighted by atomic mass is 10.1. The fourth-order valence-corrected chi connectivity index (χ4v) is 1.90. The van der Waals surface area contributed by atoms with Crippen LogP contribution >= 0.6 is 11.3 Å². The zero-order valence-electron chi connectivity index (χ0n) is 8.35. The Hall–Kier alpha value is -0.940. The van der Waals surface area contributed by atoms with Crippen molar-refractivity contribution >= 4 is 17.3 Å². The number of esters is 1. The Morgan fingerprint density at radius 1 is 1.64 bits per heavy atom. The number of hydrogen-bond acceptors (Lipinski definition) is 5. The molecular weight excluding hydrogens is 202 g/mol. The molecule has 0 aliphatic heterocycles. The first-order valence-electron chi connectivity index (χ1n) is 4.28. The van der Waals surface area contributed by atoms with Gasteiger partial charge in [0.25, 0.3) is 0 Å². The molecular formula is C9H13NO3S. The second-order valence-corrected chi connectivity index (χ2v) is 4.31. The molecule has 1 heterocycles. The van der Waals surface area contributed by atoms with Crippen LogP contribution in [0.3, 0.4) is 0 Å². The first-order chi connectivity index (χ1) is 6.56. The van der Waals surface area contributed by atoms with Gasteiger partial charge in [-0.25, -0.2) is 9.78 Å². The van der Waals surface area contributed by atoms with Crippen LogP contribution < -0.4 is 0 Å². The highest BCUT2D eigenvalue weighted by atomic mass is 32.1. The fraction of sp³-hybridized carbons (Fsp3) is 0.556. The Morgan fingerprint density at radius 3 is 2.79 bits per heavy atom. The zero-order valence-corrected chi connectivity index (χ0v) is 9.17. The highest BCUT2D eigenvalue weighted by Gasteiger charge is 2.18. The molecule has 0 aliphatic rings. The van der Waals surface area contributed by atoms with Crippen molar-refractivity contribution in [3.8, 4) is 0 Å². The van der Waals surface area contributed by atoms with Gasteiger partial charge < -0.3 is 9.84 Å². The summed E-state index contributed by atoms with van der Waals surface area (Å²) in [4.78, 5) is 15.5. The van der Waals surface area contributed by atoms with E-state index in [4.69, 9.17) is 0 Å². The van der Waals surface area contributed by atoms with E-state index in [9.17, 15) is 9.90 Å². The molecule has 0 spiro atoms. The SMILES string of the molecule is COC(=O)c1cnc(C(O)C(C)C)s1. The van der Waals surface area contributed by atoms with Gasteiger partial charge in [0.05, 0.1) is 13.3 Å². The van der Waals surface area contributed by atoms with E-state index in [0.717, 1.165) is 0 Å². The highest BCUT2D eigenvalue weighted by molar-refractivity contribution is 7.13.